The van der Waals surface area contributed by atoms with Gasteiger partial charge < -0.3 is 14.7 Å². The van der Waals surface area contributed by atoms with Crippen LogP contribution in [0.4, 0.5) is 5.69 Å². The molecule has 1 fully saturated rings. The monoisotopic (exact) mass is 379 g/mol. The van der Waals surface area contributed by atoms with Crippen molar-refractivity contribution < 1.29 is 19.4 Å². The minimum atomic E-state index is -0.947. The lowest BCUT2D eigenvalue weighted by Gasteiger charge is -2.16. The van der Waals surface area contributed by atoms with Crippen molar-refractivity contribution in [2.24, 2.45) is 5.92 Å². The number of carboxylic acid groups (broad SMARTS) is 1. The van der Waals surface area contributed by atoms with E-state index >= 15 is 0 Å². The number of hydrogen-bond donors (Lipinski definition) is 1. The van der Waals surface area contributed by atoms with Crippen LogP contribution < -0.4 is 9.64 Å². The molecule has 25 heavy (non-hydrogen) atoms. The van der Waals surface area contributed by atoms with Gasteiger partial charge in [-0.1, -0.05) is 29.3 Å². The molecule has 3 rings (SSSR count). The number of amides is 1. The first kappa shape index (κ1) is 17.6. The lowest BCUT2D eigenvalue weighted by molar-refractivity contribution is -0.141. The Hall–Kier alpha value is -2.24. The van der Waals surface area contributed by atoms with Gasteiger partial charge in [0.15, 0.2) is 0 Å². The molecule has 0 radical (unpaired) electrons. The van der Waals surface area contributed by atoms with Gasteiger partial charge in [-0.3, -0.25) is 9.59 Å². The molecule has 1 aliphatic rings. The van der Waals surface area contributed by atoms with Gasteiger partial charge in [-0.2, -0.15) is 0 Å². The summed E-state index contributed by atoms with van der Waals surface area (Å²) in [6.07, 6.45) is 0.0326. The standard InChI is InChI=1S/C18H15Cl2NO4/c19-15-6-1-11(7-16(15)20)10-25-14-4-2-13(3-5-14)21-9-12(18(23)24)8-17(21)22/h1-7,12H,8-10H2,(H,23,24)/t12-/m0/s1. The van der Waals surface area contributed by atoms with Crippen LogP contribution in [0.25, 0.3) is 0 Å². The van der Waals surface area contributed by atoms with Crippen molar-refractivity contribution in [1.82, 2.24) is 0 Å². The molecule has 7 heteroatoms. The van der Waals surface area contributed by atoms with Crippen LogP contribution in [-0.2, 0) is 16.2 Å². The zero-order valence-electron chi connectivity index (χ0n) is 13.1. The van der Waals surface area contributed by atoms with Crippen LogP contribution >= 0.6 is 23.2 Å². The highest BCUT2D eigenvalue weighted by Gasteiger charge is 2.34. The summed E-state index contributed by atoms with van der Waals surface area (Å²) in [5.41, 5.74) is 1.55. The number of hydrogen-bond acceptors (Lipinski definition) is 3. The third-order valence-corrected chi connectivity index (χ3v) is 4.75. The molecule has 0 aliphatic carbocycles. The largest absolute Gasteiger partial charge is 0.489 e. The van der Waals surface area contributed by atoms with Gasteiger partial charge >= 0.3 is 5.97 Å². The van der Waals surface area contributed by atoms with E-state index in [-0.39, 0.29) is 18.9 Å². The number of anilines is 1. The number of carbonyl (C=O) groups is 2. The fourth-order valence-electron chi connectivity index (χ4n) is 2.64. The second-order valence-electron chi connectivity index (χ2n) is 5.77. The highest BCUT2D eigenvalue weighted by Crippen LogP contribution is 2.28. The van der Waals surface area contributed by atoms with E-state index in [9.17, 15) is 9.59 Å². The van der Waals surface area contributed by atoms with Gasteiger partial charge in [0.05, 0.1) is 16.0 Å². The zero-order valence-corrected chi connectivity index (χ0v) is 14.6. The Morgan fingerprint density at radius 2 is 1.88 bits per heavy atom. The molecule has 2 aromatic rings. The van der Waals surface area contributed by atoms with Gasteiger partial charge in [-0.05, 0) is 42.0 Å². The van der Waals surface area contributed by atoms with E-state index in [2.05, 4.69) is 0 Å². The molecule has 1 atom stereocenters. The third-order valence-electron chi connectivity index (χ3n) is 4.01. The molecule has 0 unspecified atom stereocenters. The molecule has 5 nitrogen and oxygen atoms in total. The first-order chi connectivity index (χ1) is 11.9. The number of nitrogens with zero attached hydrogens (tertiary/aromatic N) is 1. The first-order valence-electron chi connectivity index (χ1n) is 7.64. The van der Waals surface area contributed by atoms with Gasteiger partial charge in [0.2, 0.25) is 5.91 Å². The van der Waals surface area contributed by atoms with E-state index in [4.69, 9.17) is 33.0 Å². The van der Waals surface area contributed by atoms with Crippen LogP contribution in [-0.4, -0.2) is 23.5 Å². The van der Waals surface area contributed by atoms with Crippen molar-refractivity contribution in [3.8, 4) is 5.75 Å². The Balaban J connectivity index is 1.63. The van der Waals surface area contributed by atoms with Crippen molar-refractivity contribution in [3.05, 3.63) is 58.1 Å². The lowest BCUT2D eigenvalue weighted by Crippen LogP contribution is -2.25. The molecule has 1 aliphatic heterocycles. The predicted molar refractivity (Wildman–Crippen MR) is 95.3 cm³/mol. The fraction of sp³-hybridized carbons (Fsp3) is 0.222. The number of ether oxygens (including phenoxy) is 1. The van der Waals surface area contributed by atoms with Crippen LogP contribution in [0.3, 0.4) is 0 Å². The van der Waals surface area contributed by atoms with Crippen LogP contribution in [0.2, 0.25) is 10.0 Å². The average Bonchev–Trinajstić information content (AvgIpc) is 2.99. The van der Waals surface area contributed by atoms with Crippen LogP contribution in [0.1, 0.15) is 12.0 Å². The second kappa shape index (κ2) is 7.33. The molecular formula is C18H15Cl2NO4. The molecule has 130 valence electrons. The molecule has 0 aromatic heterocycles. The Bertz CT molecular complexity index is 807. The topological polar surface area (TPSA) is 66.8 Å². The third kappa shape index (κ3) is 4.06. The maximum Gasteiger partial charge on any atom is 0.308 e. The summed E-state index contributed by atoms with van der Waals surface area (Å²) >= 11 is 11.8. The van der Waals surface area contributed by atoms with E-state index in [1.54, 1.807) is 36.4 Å². The Morgan fingerprint density at radius 1 is 1.16 bits per heavy atom. The number of aliphatic carboxylic acids is 1. The normalized spacial score (nSPS) is 17.0. The maximum atomic E-state index is 12.0. The van der Waals surface area contributed by atoms with Gasteiger partial charge in [0, 0.05) is 18.7 Å². The summed E-state index contributed by atoms with van der Waals surface area (Å²) in [5.74, 6) is -1.15. The van der Waals surface area contributed by atoms with Gasteiger partial charge in [-0.15, -0.1) is 0 Å². The highest BCUT2D eigenvalue weighted by molar-refractivity contribution is 6.42. The van der Waals surface area contributed by atoms with Crippen molar-refractivity contribution in [3.63, 3.8) is 0 Å². The smallest absolute Gasteiger partial charge is 0.308 e. The molecule has 0 spiro atoms. The maximum absolute atomic E-state index is 12.0. The van der Waals surface area contributed by atoms with Crippen LogP contribution in [0.5, 0.6) is 5.75 Å². The molecule has 1 saturated heterocycles. The first-order valence-corrected chi connectivity index (χ1v) is 8.39. The number of rotatable bonds is 5. The van der Waals surface area contributed by atoms with Crippen molar-refractivity contribution >= 4 is 40.8 Å². The Labute approximate surface area is 154 Å². The minimum Gasteiger partial charge on any atom is -0.489 e. The summed E-state index contributed by atoms with van der Waals surface area (Å²) in [6.45, 7) is 0.525. The number of carboxylic acids is 1. The van der Waals surface area contributed by atoms with Gasteiger partial charge in [0.25, 0.3) is 0 Å². The summed E-state index contributed by atoms with van der Waals surface area (Å²) in [5, 5.41) is 10.00. The Kier molecular flexibility index (Phi) is 5.16. The van der Waals surface area contributed by atoms with E-state index in [1.807, 2.05) is 6.07 Å². The molecule has 1 heterocycles. The average molecular weight is 380 g/mol. The predicted octanol–water partition coefficient (Wildman–Crippen LogP) is 4.01. The Morgan fingerprint density at radius 3 is 2.48 bits per heavy atom. The summed E-state index contributed by atoms with van der Waals surface area (Å²) in [7, 11) is 0. The lowest BCUT2D eigenvalue weighted by atomic mass is 10.1. The van der Waals surface area contributed by atoms with E-state index < -0.39 is 11.9 Å². The SMILES string of the molecule is O=C(O)[C@H]1CC(=O)N(c2ccc(OCc3ccc(Cl)c(Cl)c3)cc2)C1. The van der Waals surface area contributed by atoms with Crippen molar-refractivity contribution in [2.75, 3.05) is 11.4 Å². The molecular weight excluding hydrogens is 365 g/mol. The van der Waals surface area contributed by atoms with Crippen LogP contribution in [0.15, 0.2) is 42.5 Å². The molecule has 2 aromatic carbocycles. The second-order valence-corrected chi connectivity index (χ2v) is 6.59. The molecule has 1 N–H and O–H groups in total. The zero-order chi connectivity index (χ0) is 18.0. The van der Waals surface area contributed by atoms with Crippen molar-refractivity contribution in [1.29, 1.82) is 0 Å². The molecule has 0 bridgehead atoms. The van der Waals surface area contributed by atoms with Gasteiger partial charge in [-0.25, -0.2) is 0 Å². The van der Waals surface area contributed by atoms with E-state index in [0.29, 0.717) is 28.1 Å². The molecule has 1 amide bonds. The molecule has 0 saturated carbocycles. The van der Waals surface area contributed by atoms with Crippen LogP contribution in [0, 0.1) is 5.92 Å². The number of halogens is 2. The summed E-state index contributed by atoms with van der Waals surface area (Å²) in [4.78, 5) is 24.5. The van der Waals surface area contributed by atoms with Gasteiger partial charge in [0.1, 0.15) is 12.4 Å². The summed E-state index contributed by atoms with van der Waals surface area (Å²) < 4.78 is 5.69. The quantitative estimate of drug-likeness (QED) is 0.851. The van der Waals surface area contributed by atoms with E-state index in [1.165, 1.54) is 4.90 Å². The highest BCUT2D eigenvalue weighted by atomic mass is 35.5. The number of carbonyl (C=O) groups excluding carboxylic acids is 1. The fourth-order valence-corrected chi connectivity index (χ4v) is 2.96. The number of benzene rings is 2. The minimum absolute atomic E-state index is 0.0326. The van der Waals surface area contributed by atoms with Crippen molar-refractivity contribution in [2.45, 2.75) is 13.0 Å². The summed E-state index contributed by atoms with van der Waals surface area (Å²) in [6, 6.07) is 12.3. The van der Waals surface area contributed by atoms with E-state index in [0.717, 1.165) is 5.56 Å².